The van der Waals surface area contributed by atoms with Crippen molar-refractivity contribution in [3.05, 3.63) is 30.0 Å². The molecular weight excluding hydrogens is 178 g/mol. The summed E-state index contributed by atoms with van der Waals surface area (Å²) >= 11 is 0. The molecule has 0 fully saturated rings. The number of hydrogen-bond acceptors (Lipinski definition) is 2. The minimum atomic E-state index is -0.0734. The van der Waals surface area contributed by atoms with Gasteiger partial charge in [0.1, 0.15) is 0 Å². The minimum absolute atomic E-state index is 0.0734. The molecule has 2 rings (SSSR count). The van der Waals surface area contributed by atoms with Crippen LogP contribution in [0.25, 0.3) is 10.9 Å². The van der Waals surface area contributed by atoms with Gasteiger partial charge in [0.2, 0.25) is 0 Å². The highest BCUT2D eigenvalue weighted by molar-refractivity contribution is 5.97. The topological polar surface area (TPSA) is 46.9 Å². The van der Waals surface area contributed by atoms with Crippen LogP contribution in [0.1, 0.15) is 10.4 Å². The number of benzene rings is 1. The standard InChI is InChI=1S/C10H11N3O/c1-11-10(14)7-3-4-9-8(5-7)6-12-13(9)2/h3-6H,1-2H3,(H,11,14). The first-order valence-corrected chi connectivity index (χ1v) is 4.36. The molecule has 4 nitrogen and oxygen atoms in total. The maximum atomic E-state index is 11.3. The molecule has 0 aliphatic carbocycles. The smallest absolute Gasteiger partial charge is 0.251 e. The first kappa shape index (κ1) is 8.74. The van der Waals surface area contributed by atoms with Crippen molar-refractivity contribution in [1.82, 2.24) is 15.1 Å². The molecule has 2 aromatic rings. The van der Waals surface area contributed by atoms with Gasteiger partial charge in [0, 0.05) is 25.0 Å². The molecule has 1 aromatic heterocycles. The van der Waals surface area contributed by atoms with E-state index in [1.54, 1.807) is 24.0 Å². The Morgan fingerprint density at radius 1 is 1.50 bits per heavy atom. The fourth-order valence-electron chi connectivity index (χ4n) is 1.45. The molecule has 0 unspecified atom stereocenters. The minimum Gasteiger partial charge on any atom is -0.355 e. The van der Waals surface area contributed by atoms with E-state index in [9.17, 15) is 4.79 Å². The molecule has 0 saturated heterocycles. The number of amides is 1. The quantitative estimate of drug-likeness (QED) is 0.725. The summed E-state index contributed by atoms with van der Waals surface area (Å²) in [5.74, 6) is -0.0734. The van der Waals surface area contributed by atoms with Crippen LogP contribution in [0.2, 0.25) is 0 Å². The normalized spacial score (nSPS) is 10.4. The van der Waals surface area contributed by atoms with Crippen molar-refractivity contribution in [2.24, 2.45) is 7.05 Å². The number of hydrogen-bond donors (Lipinski definition) is 1. The van der Waals surface area contributed by atoms with Crippen molar-refractivity contribution in [1.29, 1.82) is 0 Å². The molecule has 0 bridgehead atoms. The van der Waals surface area contributed by atoms with Gasteiger partial charge in [0.25, 0.3) is 5.91 Å². The van der Waals surface area contributed by atoms with Crippen LogP contribution in [-0.2, 0) is 7.05 Å². The van der Waals surface area contributed by atoms with Gasteiger partial charge in [-0.3, -0.25) is 9.48 Å². The zero-order valence-corrected chi connectivity index (χ0v) is 8.11. The lowest BCUT2D eigenvalue weighted by Crippen LogP contribution is -2.17. The van der Waals surface area contributed by atoms with Crippen molar-refractivity contribution >= 4 is 16.8 Å². The van der Waals surface area contributed by atoms with Gasteiger partial charge in [-0.05, 0) is 18.2 Å². The van der Waals surface area contributed by atoms with Crippen LogP contribution in [0.4, 0.5) is 0 Å². The fourth-order valence-corrected chi connectivity index (χ4v) is 1.45. The Labute approximate surface area is 81.5 Å². The summed E-state index contributed by atoms with van der Waals surface area (Å²) in [5.41, 5.74) is 1.69. The molecule has 1 amide bonds. The Hall–Kier alpha value is -1.84. The largest absolute Gasteiger partial charge is 0.355 e. The zero-order chi connectivity index (χ0) is 10.1. The van der Waals surface area contributed by atoms with E-state index >= 15 is 0 Å². The molecule has 14 heavy (non-hydrogen) atoms. The molecule has 72 valence electrons. The van der Waals surface area contributed by atoms with Gasteiger partial charge in [0.15, 0.2) is 0 Å². The maximum Gasteiger partial charge on any atom is 0.251 e. The van der Waals surface area contributed by atoms with Gasteiger partial charge < -0.3 is 5.32 Å². The average molecular weight is 189 g/mol. The lowest BCUT2D eigenvalue weighted by atomic mass is 10.1. The summed E-state index contributed by atoms with van der Waals surface area (Å²) < 4.78 is 1.78. The van der Waals surface area contributed by atoms with Crippen LogP contribution < -0.4 is 5.32 Å². The van der Waals surface area contributed by atoms with E-state index in [0.717, 1.165) is 10.9 Å². The van der Waals surface area contributed by atoms with Crippen molar-refractivity contribution in [2.75, 3.05) is 7.05 Å². The molecule has 0 aliphatic heterocycles. The molecule has 0 saturated carbocycles. The molecule has 0 aliphatic rings. The van der Waals surface area contributed by atoms with E-state index in [0.29, 0.717) is 5.56 Å². The second-order valence-electron chi connectivity index (χ2n) is 3.12. The van der Waals surface area contributed by atoms with E-state index in [1.807, 2.05) is 19.2 Å². The second-order valence-corrected chi connectivity index (χ2v) is 3.12. The maximum absolute atomic E-state index is 11.3. The van der Waals surface area contributed by atoms with Gasteiger partial charge in [0.05, 0.1) is 11.7 Å². The third kappa shape index (κ3) is 1.25. The van der Waals surface area contributed by atoms with Gasteiger partial charge >= 0.3 is 0 Å². The monoisotopic (exact) mass is 189 g/mol. The van der Waals surface area contributed by atoms with E-state index in [2.05, 4.69) is 10.4 Å². The summed E-state index contributed by atoms with van der Waals surface area (Å²) in [6, 6.07) is 5.52. The predicted molar refractivity (Wildman–Crippen MR) is 54.1 cm³/mol. The van der Waals surface area contributed by atoms with Crippen molar-refractivity contribution < 1.29 is 4.79 Å². The third-order valence-corrected chi connectivity index (χ3v) is 2.24. The number of nitrogens with zero attached hydrogens (tertiary/aromatic N) is 2. The molecule has 0 atom stereocenters. The highest BCUT2D eigenvalue weighted by Crippen LogP contribution is 2.14. The average Bonchev–Trinajstić information content (AvgIpc) is 2.59. The zero-order valence-electron chi connectivity index (χ0n) is 8.11. The Balaban J connectivity index is 2.57. The molecule has 1 aromatic carbocycles. The highest BCUT2D eigenvalue weighted by atomic mass is 16.1. The number of aryl methyl sites for hydroxylation is 1. The lowest BCUT2D eigenvalue weighted by Gasteiger charge is -1.99. The first-order chi connectivity index (χ1) is 6.72. The number of carbonyl (C=O) groups excluding carboxylic acids is 1. The van der Waals surface area contributed by atoms with Crippen molar-refractivity contribution in [3.63, 3.8) is 0 Å². The predicted octanol–water partition coefficient (Wildman–Crippen LogP) is 0.933. The van der Waals surface area contributed by atoms with E-state index in [1.165, 1.54) is 0 Å². The number of rotatable bonds is 1. The van der Waals surface area contributed by atoms with Crippen LogP contribution in [0, 0.1) is 0 Å². The van der Waals surface area contributed by atoms with Crippen LogP contribution in [0.5, 0.6) is 0 Å². The molecule has 1 N–H and O–H groups in total. The highest BCUT2D eigenvalue weighted by Gasteiger charge is 2.05. The molecule has 4 heteroatoms. The van der Waals surface area contributed by atoms with Gasteiger partial charge in [-0.25, -0.2) is 0 Å². The van der Waals surface area contributed by atoms with Gasteiger partial charge in [-0.2, -0.15) is 5.10 Å². The number of aromatic nitrogens is 2. The SMILES string of the molecule is CNC(=O)c1ccc2c(cnn2C)c1. The summed E-state index contributed by atoms with van der Waals surface area (Å²) in [5, 5.41) is 7.67. The Kier molecular flexibility index (Phi) is 1.96. The lowest BCUT2D eigenvalue weighted by molar-refractivity contribution is 0.0963. The van der Waals surface area contributed by atoms with Crippen LogP contribution in [0.3, 0.4) is 0 Å². The van der Waals surface area contributed by atoms with Crippen molar-refractivity contribution in [2.45, 2.75) is 0 Å². The summed E-state index contributed by atoms with van der Waals surface area (Å²) in [6.07, 6.45) is 1.75. The molecule has 0 radical (unpaired) electrons. The molecule has 1 heterocycles. The van der Waals surface area contributed by atoms with Gasteiger partial charge in [-0.1, -0.05) is 0 Å². The Morgan fingerprint density at radius 3 is 3.00 bits per heavy atom. The van der Waals surface area contributed by atoms with E-state index in [-0.39, 0.29) is 5.91 Å². The summed E-state index contributed by atoms with van der Waals surface area (Å²) in [6.45, 7) is 0. The number of carbonyl (C=O) groups is 1. The first-order valence-electron chi connectivity index (χ1n) is 4.36. The number of nitrogens with one attached hydrogen (secondary N) is 1. The van der Waals surface area contributed by atoms with Gasteiger partial charge in [-0.15, -0.1) is 0 Å². The van der Waals surface area contributed by atoms with E-state index < -0.39 is 0 Å². The second kappa shape index (κ2) is 3.14. The van der Waals surface area contributed by atoms with Crippen LogP contribution >= 0.6 is 0 Å². The van der Waals surface area contributed by atoms with Crippen molar-refractivity contribution in [3.8, 4) is 0 Å². The van der Waals surface area contributed by atoms with Crippen LogP contribution in [0.15, 0.2) is 24.4 Å². The molecule has 0 spiro atoms. The van der Waals surface area contributed by atoms with Crippen LogP contribution in [-0.4, -0.2) is 22.7 Å². The summed E-state index contributed by atoms with van der Waals surface area (Å²) in [4.78, 5) is 11.3. The molecular formula is C10H11N3O. The Morgan fingerprint density at radius 2 is 2.29 bits per heavy atom. The van der Waals surface area contributed by atoms with E-state index in [4.69, 9.17) is 0 Å². The Bertz CT molecular complexity index is 487. The third-order valence-electron chi connectivity index (χ3n) is 2.24. The number of fused-ring (bicyclic) bond motifs is 1. The summed E-state index contributed by atoms with van der Waals surface area (Å²) in [7, 11) is 3.50. The fraction of sp³-hybridized carbons (Fsp3) is 0.200.